The van der Waals surface area contributed by atoms with Gasteiger partial charge >= 0.3 is 0 Å². The molecule has 1 aliphatic heterocycles. The maximum atomic E-state index is 11.6. The smallest absolute Gasteiger partial charge is 0.239 e. The normalized spacial score (nSPS) is 16.1. The fraction of sp³-hybridized carbons (Fsp3) is 0.600. The second-order valence-corrected chi connectivity index (χ2v) is 9.68. The number of nitrogens with one attached hydrogen (secondary N) is 2. The van der Waals surface area contributed by atoms with Crippen LogP contribution < -0.4 is 15.0 Å². The minimum atomic E-state index is 0.0146. The predicted octanol–water partition coefficient (Wildman–Crippen LogP) is 4.74. The lowest BCUT2D eigenvalue weighted by atomic mass is 9.84. The third-order valence-corrected chi connectivity index (χ3v) is 5.80. The van der Waals surface area contributed by atoms with Gasteiger partial charge in [-0.1, -0.05) is 39.0 Å². The van der Waals surface area contributed by atoms with Gasteiger partial charge in [0.15, 0.2) is 5.13 Å². The van der Waals surface area contributed by atoms with Crippen molar-refractivity contribution in [2.45, 2.75) is 40.5 Å². The second kappa shape index (κ2) is 8.43. The van der Waals surface area contributed by atoms with E-state index in [1.165, 1.54) is 11.3 Å². The van der Waals surface area contributed by atoms with Gasteiger partial charge in [0.05, 0.1) is 23.4 Å². The van der Waals surface area contributed by atoms with E-state index in [-0.39, 0.29) is 5.91 Å². The monoisotopic (exact) mass is 403 g/mol. The van der Waals surface area contributed by atoms with Gasteiger partial charge in [-0.3, -0.25) is 4.79 Å². The molecule has 0 spiro atoms. The predicted molar refractivity (Wildman–Crippen MR) is 113 cm³/mol. The number of amides is 1. The van der Waals surface area contributed by atoms with Gasteiger partial charge in [0.2, 0.25) is 5.91 Å². The van der Waals surface area contributed by atoms with Crippen LogP contribution in [0, 0.1) is 16.9 Å². The topological polar surface area (TPSA) is 90.7 Å². The lowest BCUT2D eigenvalue weighted by Crippen LogP contribution is -2.47. The molecule has 7 nitrogen and oxygen atoms in total. The lowest BCUT2D eigenvalue weighted by Gasteiger charge is -2.25. The number of benzene rings is 1. The Hall–Kier alpha value is -2.22. The highest BCUT2D eigenvalue weighted by molar-refractivity contribution is 7.22. The van der Waals surface area contributed by atoms with E-state index in [0.29, 0.717) is 42.5 Å². The zero-order chi connectivity index (χ0) is 20.3. The van der Waals surface area contributed by atoms with E-state index in [2.05, 4.69) is 43.1 Å². The second-order valence-electron chi connectivity index (χ2n) is 8.67. The first-order valence-corrected chi connectivity index (χ1v) is 10.5. The molecule has 1 unspecified atom stereocenters. The Kier molecular flexibility index (Phi) is 6.17. The first-order chi connectivity index (χ1) is 13.2. The molecule has 152 valence electrons. The maximum absolute atomic E-state index is 11.6. The van der Waals surface area contributed by atoms with Crippen molar-refractivity contribution in [1.82, 2.24) is 10.3 Å². The number of aromatic nitrogens is 1. The summed E-state index contributed by atoms with van der Waals surface area (Å²) in [6.07, 6.45) is 2.10. The van der Waals surface area contributed by atoms with Gasteiger partial charge < -0.3 is 15.0 Å². The average Bonchev–Trinajstić information content (AvgIpc) is 3.02. The molecule has 2 aromatic rings. The Morgan fingerprint density at radius 3 is 2.89 bits per heavy atom. The van der Waals surface area contributed by atoms with Gasteiger partial charge in [0, 0.05) is 19.2 Å². The largest absolute Gasteiger partial charge is 0.491 e. The molecular formula is C20H29N5O2S. The summed E-state index contributed by atoms with van der Waals surface area (Å²) in [5.74, 6) is 1.18. The summed E-state index contributed by atoms with van der Waals surface area (Å²) in [5.41, 5.74) is 9.13. The van der Waals surface area contributed by atoms with E-state index in [0.717, 1.165) is 34.7 Å². The molecule has 1 amide bonds. The van der Waals surface area contributed by atoms with Crippen LogP contribution in [0.1, 0.15) is 40.5 Å². The molecule has 0 bridgehead atoms. The quantitative estimate of drug-likeness (QED) is 0.654. The van der Waals surface area contributed by atoms with Crippen molar-refractivity contribution in [3.63, 3.8) is 0 Å². The van der Waals surface area contributed by atoms with E-state index in [1.807, 2.05) is 17.0 Å². The van der Waals surface area contributed by atoms with Crippen molar-refractivity contribution < 1.29 is 9.53 Å². The van der Waals surface area contributed by atoms with Crippen molar-refractivity contribution in [3.8, 4) is 5.75 Å². The Balaban J connectivity index is 1.71. The van der Waals surface area contributed by atoms with Crippen molar-refractivity contribution in [2.24, 2.45) is 16.4 Å². The fourth-order valence-corrected chi connectivity index (χ4v) is 4.59. The Bertz CT molecular complexity index is 858. The molecule has 1 aromatic carbocycles. The molecule has 0 radical (unpaired) electrons. The first kappa shape index (κ1) is 20.5. The molecule has 1 atom stereocenters. The molecule has 1 aromatic heterocycles. The Labute approximate surface area is 170 Å². The third-order valence-electron chi connectivity index (χ3n) is 4.72. The molecule has 1 fully saturated rings. The fourth-order valence-electron chi connectivity index (χ4n) is 3.59. The van der Waals surface area contributed by atoms with Crippen LogP contribution in [0.4, 0.5) is 10.8 Å². The van der Waals surface area contributed by atoms with Gasteiger partial charge in [-0.05, 0) is 30.2 Å². The minimum Gasteiger partial charge on any atom is -0.491 e. The summed E-state index contributed by atoms with van der Waals surface area (Å²) in [7, 11) is 0. The molecule has 0 saturated carbocycles. The Morgan fingerprint density at radius 2 is 2.21 bits per heavy atom. The number of hydrogen-bond acceptors (Lipinski definition) is 7. The SMILES string of the molecule is CC(CCOc1cc2nc(N3CCNC(=O)C3)sc2cc1N=N)CC(C)(C)C. The van der Waals surface area contributed by atoms with Crippen molar-refractivity contribution in [1.29, 1.82) is 5.53 Å². The van der Waals surface area contributed by atoms with E-state index >= 15 is 0 Å². The molecule has 8 heteroatoms. The number of ether oxygens (including phenoxy) is 1. The van der Waals surface area contributed by atoms with Gasteiger partial charge in [0.25, 0.3) is 0 Å². The number of fused-ring (bicyclic) bond motifs is 1. The van der Waals surface area contributed by atoms with Crippen LogP contribution in [0.25, 0.3) is 10.2 Å². The summed E-state index contributed by atoms with van der Waals surface area (Å²) in [6.45, 7) is 11.3. The summed E-state index contributed by atoms with van der Waals surface area (Å²) >= 11 is 1.52. The molecule has 1 saturated heterocycles. The van der Waals surface area contributed by atoms with Crippen molar-refractivity contribution in [2.75, 3.05) is 31.1 Å². The number of piperazine rings is 1. The highest BCUT2D eigenvalue weighted by atomic mass is 32.1. The summed E-state index contributed by atoms with van der Waals surface area (Å²) in [5, 5.41) is 7.28. The van der Waals surface area contributed by atoms with Crippen LogP contribution in [0.5, 0.6) is 5.75 Å². The van der Waals surface area contributed by atoms with Gasteiger partial charge in [0.1, 0.15) is 11.4 Å². The zero-order valence-corrected chi connectivity index (χ0v) is 17.9. The molecule has 1 aliphatic rings. The van der Waals surface area contributed by atoms with Crippen LogP contribution >= 0.6 is 11.3 Å². The van der Waals surface area contributed by atoms with Crippen LogP contribution in [0.15, 0.2) is 17.2 Å². The highest BCUT2D eigenvalue weighted by Gasteiger charge is 2.21. The van der Waals surface area contributed by atoms with Crippen LogP contribution in [0.3, 0.4) is 0 Å². The van der Waals surface area contributed by atoms with E-state index in [4.69, 9.17) is 10.3 Å². The molecular weight excluding hydrogens is 374 g/mol. The number of hydrogen-bond donors (Lipinski definition) is 2. The minimum absolute atomic E-state index is 0.0146. The van der Waals surface area contributed by atoms with Crippen molar-refractivity contribution >= 4 is 38.3 Å². The summed E-state index contributed by atoms with van der Waals surface area (Å²) in [4.78, 5) is 18.3. The molecule has 2 heterocycles. The average molecular weight is 404 g/mol. The number of rotatable bonds is 7. The van der Waals surface area contributed by atoms with Crippen LogP contribution in [-0.4, -0.2) is 37.1 Å². The number of nitrogens with zero attached hydrogens (tertiary/aromatic N) is 3. The van der Waals surface area contributed by atoms with Gasteiger partial charge in [-0.2, -0.15) is 5.11 Å². The van der Waals surface area contributed by atoms with E-state index < -0.39 is 0 Å². The summed E-state index contributed by atoms with van der Waals surface area (Å²) in [6, 6.07) is 3.71. The van der Waals surface area contributed by atoms with E-state index in [9.17, 15) is 4.79 Å². The van der Waals surface area contributed by atoms with E-state index in [1.54, 1.807) is 0 Å². The van der Waals surface area contributed by atoms with Crippen molar-refractivity contribution in [3.05, 3.63) is 12.1 Å². The number of anilines is 1. The molecule has 28 heavy (non-hydrogen) atoms. The molecule has 0 aliphatic carbocycles. The molecule has 3 rings (SSSR count). The maximum Gasteiger partial charge on any atom is 0.239 e. The number of thiazole rings is 1. The number of carbonyl (C=O) groups excluding carboxylic acids is 1. The molecule has 2 N–H and O–H groups in total. The summed E-state index contributed by atoms with van der Waals surface area (Å²) < 4.78 is 6.91. The third kappa shape index (κ3) is 5.19. The van der Waals surface area contributed by atoms with Crippen LogP contribution in [-0.2, 0) is 4.79 Å². The van der Waals surface area contributed by atoms with Crippen LogP contribution in [0.2, 0.25) is 0 Å². The zero-order valence-electron chi connectivity index (χ0n) is 17.0. The standard InChI is InChI=1S/C20H29N5O2S/c1-13(11-20(2,3)4)5-8-27-16-9-15-17(10-14(16)24-21)28-19(23-15)25-7-6-22-18(26)12-25/h9-10,13,21H,5-8,11-12H2,1-4H3,(H,22,26). The lowest BCUT2D eigenvalue weighted by molar-refractivity contribution is -0.120. The van der Waals surface area contributed by atoms with Gasteiger partial charge in [-0.15, -0.1) is 0 Å². The number of carbonyl (C=O) groups is 1. The van der Waals surface area contributed by atoms with Gasteiger partial charge in [-0.25, -0.2) is 10.5 Å². The highest BCUT2D eigenvalue weighted by Crippen LogP contribution is 2.38. The Morgan fingerprint density at radius 1 is 1.43 bits per heavy atom. The first-order valence-electron chi connectivity index (χ1n) is 9.71.